The third kappa shape index (κ3) is 5.07. The summed E-state index contributed by atoms with van der Waals surface area (Å²) >= 11 is 0. The summed E-state index contributed by atoms with van der Waals surface area (Å²) in [5.41, 5.74) is 3.92. The summed E-state index contributed by atoms with van der Waals surface area (Å²) in [5.74, 6) is 5.90. The van der Waals surface area contributed by atoms with E-state index in [4.69, 9.17) is 4.74 Å². The number of aromatic nitrogens is 2. The SMILES string of the molecule is CCn1nc(C(=O)NCc2ccc(OC)cc2)c2c1CCN(C(=O)C#Cc1ccccc1)C2. The van der Waals surface area contributed by atoms with E-state index in [1.165, 1.54) is 0 Å². The van der Waals surface area contributed by atoms with E-state index in [2.05, 4.69) is 22.3 Å². The van der Waals surface area contributed by atoms with E-state index in [1.807, 2.05) is 66.2 Å². The normalized spacial score (nSPS) is 12.4. The number of amides is 2. The molecule has 0 aliphatic carbocycles. The molecule has 0 radical (unpaired) electrons. The number of fused-ring (bicyclic) bond motifs is 1. The van der Waals surface area contributed by atoms with Gasteiger partial charge in [0, 0.05) is 48.8 Å². The van der Waals surface area contributed by atoms with Crippen molar-refractivity contribution in [1.82, 2.24) is 20.0 Å². The van der Waals surface area contributed by atoms with Crippen LogP contribution in [0, 0.1) is 11.8 Å². The van der Waals surface area contributed by atoms with Crippen LogP contribution in [-0.4, -0.2) is 40.1 Å². The van der Waals surface area contributed by atoms with E-state index in [1.54, 1.807) is 12.0 Å². The zero-order valence-electron chi connectivity index (χ0n) is 18.8. The van der Waals surface area contributed by atoms with Crippen molar-refractivity contribution in [2.24, 2.45) is 0 Å². The van der Waals surface area contributed by atoms with Crippen molar-refractivity contribution in [1.29, 1.82) is 0 Å². The van der Waals surface area contributed by atoms with Crippen LogP contribution in [0.15, 0.2) is 54.6 Å². The summed E-state index contributed by atoms with van der Waals surface area (Å²) in [7, 11) is 1.62. The molecule has 1 aromatic heterocycles. The number of nitrogens with one attached hydrogen (secondary N) is 1. The van der Waals surface area contributed by atoms with Crippen LogP contribution in [0.2, 0.25) is 0 Å². The monoisotopic (exact) mass is 442 g/mol. The van der Waals surface area contributed by atoms with E-state index in [0.29, 0.717) is 38.3 Å². The molecule has 7 heteroatoms. The highest BCUT2D eigenvalue weighted by molar-refractivity contribution is 5.96. The smallest absolute Gasteiger partial charge is 0.299 e. The van der Waals surface area contributed by atoms with Crippen molar-refractivity contribution in [3.8, 4) is 17.6 Å². The van der Waals surface area contributed by atoms with E-state index >= 15 is 0 Å². The number of methoxy groups -OCH3 is 1. The van der Waals surface area contributed by atoms with Gasteiger partial charge in [-0.25, -0.2) is 0 Å². The van der Waals surface area contributed by atoms with Gasteiger partial charge in [-0.1, -0.05) is 36.3 Å². The summed E-state index contributed by atoms with van der Waals surface area (Å²) in [4.78, 5) is 27.4. The highest BCUT2D eigenvalue weighted by Gasteiger charge is 2.29. The first-order valence-corrected chi connectivity index (χ1v) is 10.9. The number of rotatable bonds is 5. The molecule has 3 aromatic rings. The Kier molecular flexibility index (Phi) is 6.75. The van der Waals surface area contributed by atoms with Gasteiger partial charge in [0.2, 0.25) is 0 Å². The van der Waals surface area contributed by atoms with Crippen LogP contribution in [0.25, 0.3) is 0 Å². The Balaban J connectivity index is 1.48. The van der Waals surface area contributed by atoms with E-state index in [0.717, 1.165) is 28.1 Å². The number of ether oxygens (including phenoxy) is 1. The fourth-order valence-electron chi connectivity index (χ4n) is 3.84. The first-order chi connectivity index (χ1) is 16.1. The van der Waals surface area contributed by atoms with Crippen LogP contribution in [0.4, 0.5) is 0 Å². The molecule has 0 saturated heterocycles. The highest BCUT2D eigenvalue weighted by Crippen LogP contribution is 2.23. The second-order valence-electron chi connectivity index (χ2n) is 7.71. The molecule has 7 nitrogen and oxygen atoms in total. The second kappa shape index (κ2) is 10.0. The fraction of sp³-hybridized carbons (Fsp3) is 0.269. The van der Waals surface area contributed by atoms with Crippen LogP contribution in [0.3, 0.4) is 0 Å². The molecule has 2 aromatic carbocycles. The van der Waals surface area contributed by atoms with Crippen LogP contribution >= 0.6 is 0 Å². The number of hydrogen-bond acceptors (Lipinski definition) is 4. The minimum Gasteiger partial charge on any atom is -0.497 e. The van der Waals surface area contributed by atoms with Gasteiger partial charge in [0.25, 0.3) is 11.8 Å². The summed E-state index contributed by atoms with van der Waals surface area (Å²) in [6.45, 7) is 3.91. The standard InChI is InChI=1S/C26H26N4O3/c1-3-30-23-15-16-29(24(31)14-11-19-7-5-4-6-8-19)18-22(23)25(28-30)26(32)27-17-20-9-12-21(33-2)13-10-20/h4-10,12-13H,3,15-18H2,1-2H3,(H,27,32). The zero-order valence-corrected chi connectivity index (χ0v) is 18.8. The van der Waals surface area contributed by atoms with Crippen molar-refractivity contribution < 1.29 is 14.3 Å². The third-order valence-electron chi connectivity index (χ3n) is 5.64. The molecule has 33 heavy (non-hydrogen) atoms. The number of benzene rings is 2. The summed E-state index contributed by atoms with van der Waals surface area (Å²) in [6.07, 6.45) is 0.640. The van der Waals surface area contributed by atoms with Crippen molar-refractivity contribution in [3.63, 3.8) is 0 Å². The average Bonchev–Trinajstić information content (AvgIpc) is 3.25. The van der Waals surface area contributed by atoms with E-state index in [-0.39, 0.29) is 11.8 Å². The fourth-order valence-corrected chi connectivity index (χ4v) is 3.84. The Morgan fingerprint density at radius 1 is 1.12 bits per heavy atom. The maximum atomic E-state index is 13.0. The molecule has 0 spiro atoms. The minimum absolute atomic E-state index is 0.251. The maximum absolute atomic E-state index is 13.0. The van der Waals surface area contributed by atoms with Crippen molar-refractivity contribution in [3.05, 3.63) is 82.7 Å². The third-order valence-corrected chi connectivity index (χ3v) is 5.64. The molecule has 1 N–H and O–H groups in total. The lowest BCUT2D eigenvalue weighted by molar-refractivity contribution is -0.126. The van der Waals surface area contributed by atoms with Crippen molar-refractivity contribution in [2.45, 2.75) is 33.0 Å². The van der Waals surface area contributed by atoms with Gasteiger partial charge in [0.1, 0.15) is 5.75 Å². The van der Waals surface area contributed by atoms with Crippen molar-refractivity contribution in [2.75, 3.05) is 13.7 Å². The molecule has 0 saturated carbocycles. The second-order valence-corrected chi connectivity index (χ2v) is 7.71. The van der Waals surface area contributed by atoms with Gasteiger partial charge < -0.3 is 15.0 Å². The zero-order chi connectivity index (χ0) is 23.2. The van der Waals surface area contributed by atoms with Gasteiger partial charge >= 0.3 is 0 Å². The molecule has 2 heterocycles. The topological polar surface area (TPSA) is 76.5 Å². The predicted molar refractivity (Wildman–Crippen MR) is 125 cm³/mol. The molecule has 2 amide bonds. The van der Waals surface area contributed by atoms with Crippen LogP contribution in [-0.2, 0) is 30.8 Å². The molecule has 0 unspecified atom stereocenters. The lowest BCUT2D eigenvalue weighted by Gasteiger charge is -2.26. The molecule has 0 fully saturated rings. The average molecular weight is 443 g/mol. The first kappa shape index (κ1) is 22.2. The van der Waals surface area contributed by atoms with Gasteiger partial charge in [-0.05, 0) is 36.8 Å². The first-order valence-electron chi connectivity index (χ1n) is 10.9. The molecule has 0 bridgehead atoms. The summed E-state index contributed by atoms with van der Waals surface area (Å²) in [6, 6.07) is 16.9. The van der Waals surface area contributed by atoms with Crippen molar-refractivity contribution >= 4 is 11.8 Å². The molecule has 4 rings (SSSR count). The Labute approximate surface area is 193 Å². The van der Waals surface area contributed by atoms with E-state index < -0.39 is 0 Å². The number of hydrogen-bond donors (Lipinski definition) is 1. The molecular formula is C26H26N4O3. The Hall–Kier alpha value is -4.05. The van der Waals surface area contributed by atoms with Gasteiger partial charge in [-0.3, -0.25) is 14.3 Å². The highest BCUT2D eigenvalue weighted by atomic mass is 16.5. The molecule has 0 atom stereocenters. The molecule has 168 valence electrons. The van der Waals surface area contributed by atoms with Crippen LogP contribution in [0.1, 0.15) is 39.8 Å². The van der Waals surface area contributed by atoms with Gasteiger partial charge in [-0.15, -0.1) is 0 Å². The number of carbonyl (C=O) groups is 2. The van der Waals surface area contributed by atoms with Gasteiger partial charge in [0.15, 0.2) is 5.69 Å². The summed E-state index contributed by atoms with van der Waals surface area (Å²) < 4.78 is 7.03. The molecule has 1 aliphatic rings. The molecular weight excluding hydrogens is 416 g/mol. The maximum Gasteiger partial charge on any atom is 0.299 e. The lowest BCUT2D eigenvalue weighted by Crippen LogP contribution is -2.36. The Bertz CT molecular complexity index is 1200. The molecule has 1 aliphatic heterocycles. The Morgan fingerprint density at radius 3 is 2.58 bits per heavy atom. The summed E-state index contributed by atoms with van der Waals surface area (Å²) in [5, 5.41) is 7.49. The van der Waals surface area contributed by atoms with E-state index in [9.17, 15) is 9.59 Å². The quantitative estimate of drug-likeness (QED) is 0.617. The Morgan fingerprint density at radius 2 is 1.88 bits per heavy atom. The number of nitrogens with zero attached hydrogens (tertiary/aromatic N) is 3. The predicted octanol–water partition coefficient (Wildman–Crippen LogP) is 2.78. The van der Waals surface area contributed by atoms with Crippen LogP contribution in [0.5, 0.6) is 5.75 Å². The lowest BCUT2D eigenvalue weighted by atomic mass is 10.0. The van der Waals surface area contributed by atoms with Gasteiger partial charge in [0.05, 0.1) is 13.7 Å². The minimum atomic E-state index is -0.252. The largest absolute Gasteiger partial charge is 0.497 e. The number of aryl methyl sites for hydroxylation is 1. The van der Waals surface area contributed by atoms with Gasteiger partial charge in [-0.2, -0.15) is 5.10 Å². The number of carbonyl (C=O) groups excluding carboxylic acids is 2. The van der Waals surface area contributed by atoms with Crippen LogP contribution < -0.4 is 10.1 Å².